The Morgan fingerprint density at radius 2 is 1.96 bits per heavy atom. The summed E-state index contributed by atoms with van der Waals surface area (Å²) in [6.07, 6.45) is 2.08. The van der Waals surface area contributed by atoms with Gasteiger partial charge in [0, 0.05) is 58.4 Å². The van der Waals surface area contributed by atoms with Crippen molar-refractivity contribution in [3.63, 3.8) is 0 Å². The second-order valence-corrected chi connectivity index (χ2v) is 8.39. The molecule has 0 aliphatic carbocycles. The summed E-state index contributed by atoms with van der Waals surface area (Å²) in [5.41, 5.74) is 1.13. The first-order chi connectivity index (χ1) is 13.5. The number of benzene rings is 1. The van der Waals surface area contributed by atoms with E-state index in [1.54, 1.807) is 19.0 Å². The molecule has 0 aromatic heterocycles. The summed E-state index contributed by atoms with van der Waals surface area (Å²) in [5.74, 6) is 1.47. The number of piperidine rings is 1. The maximum atomic E-state index is 13.2. The molecule has 1 aromatic rings. The van der Waals surface area contributed by atoms with E-state index in [1.807, 2.05) is 28.0 Å². The number of carbonyl (C=O) groups is 2. The number of rotatable bonds is 2. The molecule has 0 radical (unpaired) electrons. The van der Waals surface area contributed by atoms with Gasteiger partial charge in [-0.15, -0.1) is 0 Å². The zero-order valence-corrected chi connectivity index (χ0v) is 16.8. The Kier molecular flexibility index (Phi) is 5.44. The molecule has 4 aliphatic rings. The van der Waals surface area contributed by atoms with Crippen LogP contribution in [0.1, 0.15) is 18.4 Å². The van der Waals surface area contributed by atoms with E-state index in [9.17, 15) is 9.59 Å². The van der Waals surface area contributed by atoms with Gasteiger partial charge in [0.2, 0.25) is 5.91 Å². The summed E-state index contributed by atoms with van der Waals surface area (Å²) in [6, 6.07) is 8.23. The highest BCUT2D eigenvalue weighted by atomic mass is 16.5. The molecule has 4 heterocycles. The van der Waals surface area contributed by atoms with Gasteiger partial charge in [-0.2, -0.15) is 0 Å². The van der Waals surface area contributed by atoms with Crippen LogP contribution in [0.25, 0.3) is 0 Å². The first-order valence-corrected chi connectivity index (χ1v) is 10.2. The number of urea groups is 1. The molecule has 3 fully saturated rings. The average molecular weight is 386 g/mol. The van der Waals surface area contributed by atoms with Gasteiger partial charge in [0.05, 0.1) is 6.54 Å². The van der Waals surface area contributed by atoms with E-state index in [-0.39, 0.29) is 18.0 Å². The lowest BCUT2D eigenvalue weighted by Crippen LogP contribution is -2.51. The molecular weight excluding hydrogens is 356 g/mol. The molecule has 7 heteroatoms. The molecule has 0 spiro atoms. The zero-order chi connectivity index (χ0) is 19.7. The molecule has 0 N–H and O–H groups in total. The Morgan fingerprint density at radius 1 is 1.14 bits per heavy atom. The van der Waals surface area contributed by atoms with Gasteiger partial charge in [0.25, 0.3) is 0 Å². The summed E-state index contributed by atoms with van der Waals surface area (Å²) < 4.78 is 5.82. The van der Waals surface area contributed by atoms with E-state index in [1.165, 1.54) is 0 Å². The van der Waals surface area contributed by atoms with Crippen molar-refractivity contribution in [2.75, 3.05) is 53.4 Å². The minimum Gasteiger partial charge on any atom is -0.492 e. The van der Waals surface area contributed by atoms with Crippen LogP contribution in [0.15, 0.2) is 24.3 Å². The predicted octanol–water partition coefficient (Wildman–Crippen LogP) is 1.49. The summed E-state index contributed by atoms with van der Waals surface area (Å²) >= 11 is 0. The first kappa shape index (κ1) is 19.1. The molecule has 4 aliphatic heterocycles. The number of carbonyl (C=O) groups excluding carboxylic acids is 2. The lowest BCUT2D eigenvalue weighted by molar-refractivity contribution is -0.136. The van der Waals surface area contributed by atoms with Gasteiger partial charge in [-0.05, 0) is 24.8 Å². The fraction of sp³-hybridized carbons (Fsp3) is 0.619. The van der Waals surface area contributed by atoms with Crippen LogP contribution in [-0.2, 0) is 11.3 Å². The highest BCUT2D eigenvalue weighted by molar-refractivity contribution is 5.79. The Hall–Kier alpha value is -2.28. The van der Waals surface area contributed by atoms with Gasteiger partial charge in [-0.1, -0.05) is 18.2 Å². The third-order valence-electron chi connectivity index (χ3n) is 6.08. The van der Waals surface area contributed by atoms with Crippen LogP contribution < -0.4 is 4.74 Å². The van der Waals surface area contributed by atoms with Gasteiger partial charge < -0.3 is 19.4 Å². The summed E-state index contributed by atoms with van der Waals surface area (Å²) in [6.45, 7) is 4.64. The highest BCUT2D eigenvalue weighted by Crippen LogP contribution is 2.29. The number of para-hydroxylation sites is 1. The molecule has 28 heavy (non-hydrogen) atoms. The lowest BCUT2D eigenvalue weighted by atomic mass is 9.95. The molecule has 2 bridgehead atoms. The van der Waals surface area contributed by atoms with E-state index in [0.29, 0.717) is 25.6 Å². The van der Waals surface area contributed by atoms with E-state index >= 15 is 0 Å². The minimum atomic E-state index is 0.0486. The molecule has 7 nitrogen and oxygen atoms in total. The van der Waals surface area contributed by atoms with E-state index in [4.69, 9.17) is 4.74 Å². The van der Waals surface area contributed by atoms with Crippen LogP contribution in [0.4, 0.5) is 4.79 Å². The average Bonchev–Trinajstić information content (AvgIpc) is 3.09. The van der Waals surface area contributed by atoms with Crippen LogP contribution in [0.3, 0.4) is 0 Å². The van der Waals surface area contributed by atoms with Crippen molar-refractivity contribution < 1.29 is 14.3 Å². The van der Waals surface area contributed by atoms with Crippen molar-refractivity contribution >= 4 is 11.9 Å². The molecule has 5 rings (SSSR count). The Balaban J connectivity index is 1.42. The number of fused-ring (bicyclic) bond motifs is 5. The van der Waals surface area contributed by atoms with Crippen LogP contribution in [0.2, 0.25) is 0 Å². The highest BCUT2D eigenvalue weighted by Gasteiger charge is 2.39. The predicted molar refractivity (Wildman–Crippen MR) is 106 cm³/mol. The third kappa shape index (κ3) is 3.94. The summed E-state index contributed by atoms with van der Waals surface area (Å²) in [4.78, 5) is 33.4. The Morgan fingerprint density at radius 3 is 2.79 bits per heavy atom. The molecule has 2 atom stereocenters. The zero-order valence-electron chi connectivity index (χ0n) is 16.8. The number of nitrogens with zero attached hydrogens (tertiary/aromatic N) is 4. The van der Waals surface area contributed by atoms with Crippen LogP contribution in [0, 0.1) is 5.92 Å². The maximum absolute atomic E-state index is 13.2. The van der Waals surface area contributed by atoms with Crippen molar-refractivity contribution in [1.82, 2.24) is 19.6 Å². The topological polar surface area (TPSA) is 56.3 Å². The summed E-state index contributed by atoms with van der Waals surface area (Å²) in [5, 5.41) is 0. The van der Waals surface area contributed by atoms with E-state index < -0.39 is 0 Å². The van der Waals surface area contributed by atoms with Gasteiger partial charge in [-0.3, -0.25) is 9.69 Å². The fourth-order valence-corrected chi connectivity index (χ4v) is 4.62. The first-order valence-electron chi connectivity index (χ1n) is 10.2. The second-order valence-electron chi connectivity index (χ2n) is 8.39. The second kappa shape index (κ2) is 7.99. The molecule has 3 saturated heterocycles. The van der Waals surface area contributed by atoms with Crippen LogP contribution in [0.5, 0.6) is 5.75 Å². The lowest BCUT2D eigenvalue weighted by Gasteiger charge is -2.37. The molecule has 1 aromatic carbocycles. The Bertz CT molecular complexity index is 738. The van der Waals surface area contributed by atoms with Crippen LogP contribution in [-0.4, -0.2) is 91.0 Å². The number of hydrogen-bond donors (Lipinski definition) is 0. The standard InChI is InChI=1S/C21H30N4O3/c1-22(2)21(27)24-11-16-7-8-18(14-24)25(12-16)20(26)15-23-9-10-28-19-6-4-3-5-17(19)13-23/h3-6,16,18H,7-15H2,1-2H3/t16-,18+/m0/s1. The molecule has 152 valence electrons. The maximum Gasteiger partial charge on any atom is 0.319 e. The fourth-order valence-electron chi connectivity index (χ4n) is 4.62. The smallest absolute Gasteiger partial charge is 0.319 e. The van der Waals surface area contributed by atoms with Gasteiger partial charge in [-0.25, -0.2) is 4.79 Å². The molecular formula is C21H30N4O3. The normalized spacial score (nSPS) is 24.8. The van der Waals surface area contributed by atoms with E-state index in [2.05, 4.69) is 11.0 Å². The third-order valence-corrected chi connectivity index (χ3v) is 6.08. The van der Waals surface area contributed by atoms with Crippen molar-refractivity contribution in [2.45, 2.75) is 25.4 Å². The monoisotopic (exact) mass is 386 g/mol. The quantitative estimate of drug-likeness (QED) is 0.773. The Labute approximate surface area is 166 Å². The number of amides is 3. The van der Waals surface area contributed by atoms with Gasteiger partial charge in [0.1, 0.15) is 12.4 Å². The van der Waals surface area contributed by atoms with Crippen molar-refractivity contribution in [3.8, 4) is 5.75 Å². The largest absolute Gasteiger partial charge is 0.492 e. The number of hydrogen-bond acceptors (Lipinski definition) is 4. The van der Waals surface area contributed by atoms with Gasteiger partial charge >= 0.3 is 6.03 Å². The SMILES string of the molecule is CN(C)C(=O)N1C[C@@H]2CC[C@H](C1)N(C(=O)CN1CCOc3ccccc3C1)C2. The molecule has 3 amide bonds. The summed E-state index contributed by atoms with van der Waals surface area (Å²) in [7, 11) is 3.58. The number of ether oxygens (including phenoxy) is 1. The van der Waals surface area contributed by atoms with E-state index in [0.717, 1.165) is 50.3 Å². The van der Waals surface area contributed by atoms with Gasteiger partial charge in [0.15, 0.2) is 0 Å². The molecule has 0 unspecified atom stereocenters. The van der Waals surface area contributed by atoms with Crippen molar-refractivity contribution in [2.24, 2.45) is 5.92 Å². The molecule has 0 saturated carbocycles. The minimum absolute atomic E-state index is 0.0486. The van der Waals surface area contributed by atoms with Crippen molar-refractivity contribution in [3.05, 3.63) is 29.8 Å². The van der Waals surface area contributed by atoms with Crippen LogP contribution >= 0.6 is 0 Å². The van der Waals surface area contributed by atoms with Crippen molar-refractivity contribution in [1.29, 1.82) is 0 Å².